The van der Waals surface area contributed by atoms with Gasteiger partial charge < -0.3 is 10.2 Å². The van der Waals surface area contributed by atoms with E-state index in [9.17, 15) is 4.79 Å². The Morgan fingerprint density at radius 1 is 1.22 bits per heavy atom. The Morgan fingerprint density at radius 3 is 2.61 bits per heavy atom. The van der Waals surface area contributed by atoms with Crippen LogP contribution >= 0.6 is 11.6 Å². The first-order valence-corrected chi connectivity index (χ1v) is 6.89. The van der Waals surface area contributed by atoms with Crippen LogP contribution in [-0.4, -0.2) is 29.4 Å². The van der Waals surface area contributed by atoms with Crippen LogP contribution in [0.15, 0.2) is 24.3 Å². The van der Waals surface area contributed by atoms with Gasteiger partial charge in [-0.15, -0.1) is 0 Å². The maximum Gasteiger partial charge on any atom is 0.240 e. The molecule has 1 saturated heterocycles. The summed E-state index contributed by atoms with van der Waals surface area (Å²) in [5.74, 6) is 0.247. The molecule has 1 aromatic carbocycles. The maximum atomic E-state index is 12.2. The van der Waals surface area contributed by atoms with Gasteiger partial charge >= 0.3 is 0 Å². The zero-order valence-electron chi connectivity index (χ0n) is 10.2. The van der Waals surface area contributed by atoms with E-state index in [1.807, 2.05) is 29.2 Å². The number of benzene rings is 1. The van der Waals surface area contributed by atoms with Gasteiger partial charge in [0.1, 0.15) is 0 Å². The normalized spacial score (nSPS) is 23.7. The second-order valence-electron chi connectivity index (χ2n) is 5.17. The first kappa shape index (κ1) is 12.0. The Labute approximate surface area is 112 Å². The number of amides is 1. The molecule has 1 aliphatic heterocycles. The molecule has 1 atom stereocenters. The second-order valence-corrected chi connectivity index (χ2v) is 5.60. The molecule has 4 heteroatoms. The standard InChI is InChI=1S/C14H17ClN2O/c15-11-3-1-10(2-4-11)9-17-8-7-13(14(17)18)16-12-5-6-12/h1-4,12-13,16H,5-9H2. The number of hydrogen-bond acceptors (Lipinski definition) is 2. The minimum atomic E-state index is 0.0461. The van der Waals surface area contributed by atoms with Crippen molar-refractivity contribution in [1.29, 1.82) is 0 Å². The summed E-state index contributed by atoms with van der Waals surface area (Å²) in [5.41, 5.74) is 1.14. The number of carbonyl (C=O) groups is 1. The number of hydrogen-bond donors (Lipinski definition) is 1. The largest absolute Gasteiger partial charge is 0.337 e. The first-order chi connectivity index (χ1) is 8.72. The van der Waals surface area contributed by atoms with E-state index in [-0.39, 0.29) is 11.9 Å². The molecule has 3 nitrogen and oxygen atoms in total. The Bertz CT molecular complexity index is 442. The third kappa shape index (κ3) is 2.68. The molecule has 1 unspecified atom stereocenters. The van der Waals surface area contributed by atoms with Crippen LogP contribution in [0.5, 0.6) is 0 Å². The summed E-state index contributed by atoms with van der Waals surface area (Å²) in [4.78, 5) is 14.1. The van der Waals surface area contributed by atoms with Crippen LogP contribution in [0, 0.1) is 0 Å². The fourth-order valence-corrected chi connectivity index (χ4v) is 2.52. The predicted molar refractivity (Wildman–Crippen MR) is 71.4 cm³/mol. The highest BCUT2D eigenvalue weighted by atomic mass is 35.5. The fraction of sp³-hybridized carbons (Fsp3) is 0.500. The summed E-state index contributed by atoms with van der Waals surface area (Å²) in [6.45, 7) is 1.55. The van der Waals surface area contributed by atoms with Gasteiger partial charge in [-0.2, -0.15) is 0 Å². The Hall–Kier alpha value is -1.06. The highest BCUT2D eigenvalue weighted by molar-refractivity contribution is 6.30. The molecule has 1 aliphatic carbocycles. The summed E-state index contributed by atoms with van der Waals surface area (Å²) >= 11 is 5.85. The molecule has 1 heterocycles. The highest BCUT2D eigenvalue weighted by Crippen LogP contribution is 2.23. The lowest BCUT2D eigenvalue weighted by atomic mass is 10.2. The van der Waals surface area contributed by atoms with Crippen molar-refractivity contribution in [3.63, 3.8) is 0 Å². The van der Waals surface area contributed by atoms with Gasteiger partial charge in [-0.25, -0.2) is 0 Å². The van der Waals surface area contributed by atoms with Crippen LogP contribution in [0.4, 0.5) is 0 Å². The van der Waals surface area contributed by atoms with Crippen LogP contribution in [0.25, 0.3) is 0 Å². The third-order valence-corrected chi connectivity index (χ3v) is 3.85. The van der Waals surface area contributed by atoms with Crippen molar-refractivity contribution in [2.24, 2.45) is 0 Å². The van der Waals surface area contributed by atoms with Crippen molar-refractivity contribution < 1.29 is 4.79 Å². The van der Waals surface area contributed by atoms with E-state index < -0.39 is 0 Å². The average Bonchev–Trinajstić information content (AvgIpc) is 3.12. The Balaban J connectivity index is 1.59. The lowest BCUT2D eigenvalue weighted by molar-refractivity contribution is -0.129. The number of rotatable bonds is 4. The van der Waals surface area contributed by atoms with Crippen LogP contribution < -0.4 is 5.32 Å². The predicted octanol–water partition coefficient (Wildman–Crippen LogP) is 2.19. The zero-order chi connectivity index (χ0) is 12.5. The Kier molecular flexibility index (Phi) is 3.27. The van der Waals surface area contributed by atoms with Crippen molar-refractivity contribution in [2.45, 2.75) is 37.9 Å². The molecular weight excluding hydrogens is 248 g/mol. The van der Waals surface area contributed by atoms with Crippen LogP contribution in [0.1, 0.15) is 24.8 Å². The van der Waals surface area contributed by atoms with Crippen LogP contribution in [-0.2, 0) is 11.3 Å². The van der Waals surface area contributed by atoms with Gasteiger partial charge in [0.2, 0.25) is 5.91 Å². The van der Waals surface area contributed by atoms with E-state index in [0.717, 1.165) is 23.6 Å². The first-order valence-electron chi connectivity index (χ1n) is 6.51. The second kappa shape index (κ2) is 4.90. The number of nitrogens with one attached hydrogen (secondary N) is 1. The van der Waals surface area contributed by atoms with Gasteiger partial charge in [0.25, 0.3) is 0 Å². The number of halogens is 1. The van der Waals surface area contributed by atoms with E-state index >= 15 is 0 Å². The van der Waals surface area contributed by atoms with E-state index in [4.69, 9.17) is 11.6 Å². The van der Waals surface area contributed by atoms with Gasteiger partial charge in [-0.3, -0.25) is 4.79 Å². The van der Waals surface area contributed by atoms with Crippen molar-refractivity contribution in [3.8, 4) is 0 Å². The number of nitrogens with zero attached hydrogens (tertiary/aromatic N) is 1. The molecule has 96 valence electrons. The topological polar surface area (TPSA) is 32.3 Å². The van der Waals surface area contributed by atoms with E-state index in [1.165, 1.54) is 12.8 Å². The molecule has 0 radical (unpaired) electrons. The summed E-state index contributed by atoms with van der Waals surface area (Å²) in [7, 11) is 0. The minimum absolute atomic E-state index is 0.0461. The number of likely N-dealkylation sites (tertiary alicyclic amines) is 1. The zero-order valence-corrected chi connectivity index (χ0v) is 11.0. The minimum Gasteiger partial charge on any atom is -0.337 e. The molecule has 1 amide bonds. The molecule has 0 spiro atoms. The van der Waals surface area contributed by atoms with Crippen molar-refractivity contribution in [3.05, 3.63) is 34.9 Å². The van der Waals surface area contributed by atoms with Crippen LogP contribution in [0.2, 0.25) is 5.02 Å². The van der Waals surface area contributed by atoms with Crippen molar-refractivity contribution in [2.75, 3.05) is 6.54 Å². The lowest BCUT2D eigenvalue weighted by Gasteiger charge is -2.17. The van der Waals surface area contributed by atoms with Gasteiger partial charge in [0.05, 0.1) is 6.04 Å². The average molecular weight is 265 g/mol. The summed E-state index contributed by atoms with van der Waals surface area (Å²) < 4.78 is 0. The molecule has 2 fully saturated rings. The molecule has 18 heavy (non-hydrogen) atoms. The fourth-order valence-electron chi connectivity index (χ4n) is 2.40. The monoisotopic (exact) mass is 264 g/mol. The van der Waals surface area contributed by atoms with Crippen molar-refractivity contribution in [1.82, 2.24) is 10.2 Å². The third-order valence-electron chi connectivity index (χ3n) is 3.60. The molecule has 0 bridgehead atoms. The highest BCUT2D eigenvalue weighted by Gasteiger charge is 2.35. The molecule has 1 N–H and O–H groups in total. The summed E-state index contributed by atoms with van der Waals surface area (Å²) in [5, 5.41) is 4.15. The van der Waals surface area contributed by atoms with Gasteiger partial charge in [0, 0.05) is 24.2 Å². The molecule has 0 aromatic heterocycles. The number of carbonyl (C=O) groups excluding carboxylic acids is 1. The molecule has 3 rings (SSSR count). The quantitative estimate of drug-likeness (QED) is 0.904. The molecule has 2 aliphatic rings. The van der Waals surface area contributed by atoms with Crippen molar-refractivity contribution >= 4 is 17.5 Å². The molecular formula is C14H17ClN2O. The van der Waals surface area contributed by atoms with Gasteiger partial charge in [-0.05, 0) is 37.0 Å². The van der Waals surface area contributed by atoms with Gasteiger partial charge in [0.15, 0.2) is 0 Å². The molecule has 1 saturated carbocycles. The van der Waals surface area contributed by atoms with Gasteiger partial charge in [-0.1, -0.05) is 23.7 Å². The Morgan fingerprint density at radius 2 is 1.94 bits per heavy atom. The summed E-state index contributed by atoms with van der Waals surface area (Å²) in [6.07, 6.45) is 3.38. The van der Waals surface area contributed by atoms with E-state index in [0.29, 0.717) is 12.6 Å². The maximum absolute atomic E-state index is 12.2. The lowest BCUT2D eigenvalue weighted by Crippen LogP contribution is -2.39. The smallest absolute Gasteiger partial charge is 0.240 e. The van der Waals surface area contributed by atoms with Crippen LogP contribution in [0.3, 0.4) is 0 Å². The van der Waals surface area contributed by atoms with E-state index in [1.54, 1.807) is 0 Å². The summed E-state index contributed by atoms with van der Waals surface area (Å²) in [6, 6.07) is 8.35. The van der Waals surface area contributed by atoms with E-state index in [2.05, 4.69) is 5.32 Å². The molecule has 1 aromatic rings. The SMILES string of the molecule is O=C1C(NC2CC2)CCN1Cc1ccc(Cl)cc1.